The van der Waals surface area contributed by atoms with E-state index in [1.165, 1.54) is 12.4 Å². The highest BCUT2D eigenvalue weighted by molar-refractivity contribution is 7.92. The average molecular weight is 279 g/mol. The minimum absolute atomic E-state index is 0.0196. The maximum absolute atomic E-state index is 12.0. The molecule has 100 valence electrons. The Bertz CT molecular complexity index is 652. The molecule has 0 aliphatic rings. The molecule has 0 aliphatic carbocycles. The Morgan fingerprint density at radius 3 is 2.26 bits per heavy atom. The fourth-order valence-corrected chi connectivity index (χ4v) is 2.21. The second kappa shape index (κ2) is 5.19. The van der Waals surface area contributed by atoms with Gasteiger partial charge in [0.1, 0.15) is 10.7 Å². The highest BCUT2D eigenvalue weighted by Crippen LogP contribution is 2.13. The van der Waals surface area contributed by atoms with Crippen LogP contribution in [0.4, 0.5) is 11.8 Å². The van der Waals surface area contributed by atoms with Gasteiger partial charge in [0.15, 0.2) is 0 Å². The van der Waals surface area contributed by atoms with Crippen molar-refractivity contribution in [2.24, 2.45) is 0 Å². The molecule has 0 spiro atoms. The zero-order valence-corrected chi connectivity index (χ0v) is 11.3. The van der Waals surface area contributed by atoms with Gasteiger partial charge in [0, 0.05) is 13.2 Å². The number of hydrogen-bond acceptors (Lipinski definition) is 6. The molecule has 8 heteroatoms. The number of pyridine rings is 1. The molecule has 0 saturated heterocycles. The quantitative estimate of drug-likeness (QED) is 0.867. The summed E-state index contributed by atoms with van der Waals surface area (Å²) in [6.45, 7) is 1.87. The molecule has 0 atom stereocenters. The molecule has 0 bridgehead atoms. The maximum Gasteiger partial charge on any atom is 0.266 e. The van der Waals surface area contributed by atoms with E-state index in [0.717, 1.165) is 5.56 Å². The zero-order valence-electron chi connectivity index (χ0n) is 10.5. The smallest absolute Gasteiger partial charge is 0.266 e. The van der Waals surface area contributed by atoms with E-state index in [1.807, 2.05) is 6.92 Å². The Balaban J connectivity index is 2.24. The second-order valence-corrected chi connectivity index (χ2v) is 5.50. The summed E-state index contributed by atoms with van der Waals surface area (Å²) in [5.74, 6) is 0.607. The van der Waals surface area contributed by atoms with E-state index in [1.54, 1.807) is 25.4 Å². The van der Waals surface area contributed by atoms with Gasteiger partial charge in [0.05, 0.1) is 12.4 Å². The molecule has 7 nitrogen and oxygen atoms in total. The Morgan fingerprint density at radius 2 is 1.74 bits per heavy atom. The van der Waals surface area contributed by atoms with E-state index in [2.05, 4.69) is 25.0 Å². The van der Waals surface area contributed by atoms with E-state index in [9.17, 15) is 8.42 Å². The fourth-order valence-electron chi connectivity index (χ4n) is 1.31. The van der Waals surface area contributed by atoms with Gasteiger partial charge in [-0.05, 0) is 18.6 Å². The molecule has 2 aromatic rings. The summed E-state index contributed by atoms with van der Waals surface area (Å²) in [5, 5.41) is 2.71. The summed E-state index contributed by atoms with van der Waals surface area (Å²) < 4.78 is 26.4. The lowest BCUT2D eigenvalue weighted by molar-refractivity contribution is 0.600. The predicted octanol–water partition coefficient (Wildman–Crippen LogP) is 1.02. The van der Waals surface area contributed by atoms with Crippen molar-refractivity contribution in [2.45, 2.75) is 11.8 Å². The molecule has 0 unspecified atom stereocenters. The monoisotopic (exact) mass is 279 g/mol. The number of anilines is 2. The first kappa shape index (κ1) is 13.2. The summed E-state index contributed by atoms with van der Waals surface area (Å²) in [5.41, 5.74) is 0.949. The number of nitrogens with one attached hydrogen (secondary N) is 2. The molecule has 2 N–H and O–H groups in total. The lowest BCUT2D eigenvalue weighted by Crippen LogP contribution is -2.14. The van der Waals surface area contributed by atoms with Crippen molar-refractivity contribution in [2.75, 3.05) is 17.1 Å². The molecule has 0 aliphatic heterocycles. The van der Waals surface area contributed by atoms with Crippen LogP contribution >= 0.6 is 0 Å². The highest BCUT2D eigenvalue weighted by atomic mass is 32.2. The van der Waals surface area contributed by atoms with Crippen LogP contribution in [0.5, 0.6) is 0 Å². The van der Waals surface area contributed by atoms with Gasteiger partial charge in [-0.15, -0.1) is 0 Å². The van der Waals surface area contributed by atoms with Crippen molar-refractivity contribution in [1.82, 2.24) is 15.0 Å². The van der Waals surface area contributed by atoms with Gasteiger partial charge in [-0.1, -0.05) is 6.07 Å². The third-order valence-electron chi connectivity index (χ3n) is 2.31. The topological polar surface area (TPSA) is 96.9 Å². The van der Waals surface area contributed by atoms with Gasteiger partial charge in [-0.3, -0.25) is 4.72 Å². The van der Waals surface area contributed by atoms with E-state index in [-0.39, 0.29) is 10.7 Å². The van der Waals surface area contributed by atoms with Crippen LogP contribution in [-0.2, 0) is 10.0 Å². The minimum Gasteiger partial charge on any atom is -0.357 e. The SMILES string of the molecule is CNc1ncc(S(=O)(=O)Nc2ccc(C)cn2)cn1. The third kappa shape index (κ3) is 3.16. The summed E-state index contributed by atoms with van der Waals surface area (Å²) >= 11 is 0. The highest BCUT2D eigenvalue weighted by Gasteiger charge is 2.15. The molecular formula is C11H13N5O2S. The van der Waals surface area contributed by atoms with E-state index in [4.69, 9.17) is 0 Å². The molecule has 0 saturated carbocycles. The van der Waals surface area contributed by atoms with E-state index < -0.39 is 10.0 Å². The normalized spacial score (nSPS) is 11.1. The molecule has 19 heavy (non-hydrogen) atoms. The predicted molar refractivity (Wildman–Crippen MR) is 71.4 cm³/mol. The van der Waals surface area contributed by atoms with Gasteiger partial charge < -0.3 is 5.32 Å². The Kier molecular flexibility index (Phi) is 3.61. The van der Waals surface area contributed by atoms with Crippen molar-refractivity contribution in [1.29, 1.82) is 0 Å². The van der Waals surface area contributed by atoms with E-state index >= 15 is 0 Å². The Morgan fingerprint density at radius 1 is 1.05 bits per heavy atom. The summed E-state index contributed by atoms with van der Waals surface area (Å²) in [4.78, 5) is 11.7. The second-order valence-electron chi connectivity index (χ2n) is 3.82. The van der Waals surface area contributed by atoms with Crippen molar-refractivity contribution < 1.29 is 8.42 Å². The molecule has 0 fully saturated rings. The summed E-state index contributed by atoms with van der Waals surface area (Å²) in [7, 11) is -2.07. The first-order valence-corrected chi connectivity index (χ1v) is 6.95. The fraction of sp³-hybridized carbons (Fsp3) is 0.182. The van der Waals surface area contributed by atoms with Crippen LogP contribution in [0.3, 0.4) is 0 Å². The van der Waals surface area contributed by atoms with Crippen LogP contribution in [0.2, 0.25) is 0 Å². The maximum atomic E-state index is 12.0. The molecule has 0 amide bonds. The van der Waals surface area contributed by atoms with Crippen LogP contribution in [-0.4, -0.2) is 30.4 Å². The molecule has 0 radical (unpaired) electrons. The van der Waals surface area contributed by atoms with Gasteiger partial charge >= 0.3 is 0 Å². The Hall–Kier alpha value is -2.22. The van der Waals surface area contributed by atoms with Crippen molar-refractivity contribution in [3.8, 4) is 0 Å². The number of sulfonamides is 1. The largest absolute Gasteiger partial charge is 0.357 e. The lowest BCUT2D eigenvalue weighted by Gasteiger charge is -2.07. The van der Waals surface area contributed by atoms with Gasteiger partial charge in [0.25, 0.3) is 10.0 Å². The molecule has 2 heterocycles. The average Bonchev–Trinajstić information content (AvgIpc) is 2.41. The Labute approximate surface area is 111 Å². The molecular weight excluding hydrogens is 266 g/mol. The van der Waals surface area contributed by atoms with E-state index in [0.29, 0.717) is 5.95 Å². The number of aromatic nitrogens is 3. The summed E-state index contributed by atoms with van der Waals surface area (Å²) in [6, 6.07) is 3.36. The van der Waals surface area contributed by atoms with Crippen LogP contribution in [0.1, 0.15) is 5.56 Å². The lowest BCUT2D eigenvalue weighted by atomic mass is 10.3. The molecule has 2 aromatic heterocycles. The van der Waals surface area contributed by atoms with Crippen molar-refractivity contribution >= 4 is 21.8 Å². The standard InChI is InChI=1S/C11H13N5O2S/c1-8-3-4-10(13-5-8)16-19(17,18)9-6-14-11(12-2)15-7-9/h3-7H,1-2H3,(H,13,16)(H,12,14,15). The first-order chi connectivity index (χ1) is 9.01. The number of nitrogens with zero attached hydrogens (tertiary/aromatic N) is 3. The van der Waals surface area contributed by atoms with Crippen LogP contribution in [0, 0.1) is 6.92 Å². The number of rotatable bonds is 4. The van der Waals surface area contributed by atoms with Crippen molar-refractivity contribution in [3.05, 3.63) is 36.3 Å². The molecule has 0 aromatic carbocycles. The van der Waals surface area contributed by atoms with Crippen molar-refractivity contribution in [3.63, 3.8) is 0 Å². The van der Waals surface area contributed by atoms with Gasteiger partial charge in [0.2, 0.25) is 5.95 Å². The first-order valence-electron chi connectivity index (χ1n) is 5.46. The zero-order chi connectivity index (χ0) is 13.9. The van der Waals surface area contributed by atoms with Gasteiger partial charge in [-0.2, -0.15) is 0 Å². The van der Waals surface area contributed by atoms with Crippen LogP contribution in [0.25, 0.3) is 0 Å². The van der Waals surface area contributed by atoms with Crippen LogP contribution < -0.4 is 10.0 Å². The van der Waals surface area contributed by atoms with Crippen LogP contribution in [0.15, 0.2) is 35.6 Å². The van der Waals surface area contributed by atoms with Gasteiger partial charge in [-0.25, -0.2) is 23.4 Å². The molecule has 2 rings (SSSR count). The number of aryl methyl sites for hydroxylation is 1. The summed E-state index contributed by atoms with van der Waals surface area (Å²) in [6.07, 6.45) is 4.04. The third-order valence-corrected chi connectivity index (χ3v) is 3.62. The minimum atomic E-state index is -3.72. The number of hydrogen-bond donors (Lipinski definition) is 2.